The molecule has 0 aliphatic carbocycles. The number of hydrogen-bond acceptors (Lipinski definition) is 5. The maximum atomic E-state index is 12.4. The van der Waals surface area contributed by atoms with Crippen molar-refractivity contribution in [3.8, 4) is 0 Å². The van der Waals surface area contributed by atoms with Crippen LogP contribution in [0.1, 0.15) is 46.4 Å². The molecule has 0 unspecified atom stereocenters. The lowest BCUT2D eigenvalue weighted by atomic mass is 10.0. The first-order chi connectivity index (χ1) is 12.1. The third-order valence-electron chi connectivity index (χ3n) is 4.71. The number of nitrogens with one attached hydrogen (secondary N) is 1. The van der Waals surface area contributed by atoms with Gasteiger partial charge in [0.2, 0.25) is 5.91 Å². The summed E-state index contributed by atoms with van der Waals surface area (Å²) in [5.41, 5.74) is 2.15. The summed E-state index contributed by atoms with van der Waals surface area (Å²) < 4.78 is 0. The molecule has 3 heterocycles. The molecule has 0 bridgehead atoms. The molecule has 0 saturated carbocycles. The number of amides is 1. The smallest absolute Gasteiger partial charge is 0.225 e. The van der Waals surface area contributed by atoms with Gasteiger partial charge in [0.05, 0.1) is 23.2 Å². The molecule has 6 heteroatoms. The quantitative estimate of drug-likeness (QED) is 0.862. The molecule has 1 N–H and O–H groups in total. The highest BCUT2D eigenvalue weighted by Crippen LogP contribution is 2.24. The minimum absolute atomic E-state index is 0.0673. The molecule has 5 nitrogen and oxygen atoms in total. The highest BCUT2D eigenvalue weighted by atomic mass is 32.1. The van der Waals surface area contributed by atoms with Gasteiger partial charge >= 0.3 is 0 Å². The number of aromatic nitrogens is 2. The average molecular weight is 359 g/mol. The minimum atomic E-state index is 0.0673. The Labute approximate surface area is 153 Å². The van der Waals surface area contributed by atoms with Gasteiger partial charge in [-0.2, -0.15) is 0 Å². The fraction of sp³-hybridized carbons (Fsp3) is 0.526. The van der Waals surface area contributed by atoms with Crippen LogP contribution in [0.15, 0.2) is 24.5 Å². The molecular weight excluding hydrogens is 332 g/mol. The van der Waals surface area contributed by atoms with E-state index in [0.717, 1.165) is 28.7 Å². The van der Waals surface area contributed by atoms with Crippen LogP contribution in [0.5, 0.6) is 0 Å². The Bertz CT molecular complexity index is 695. The van der Waals surface area contributed by atoms with E-state index in [0.29, 0.717) is 13.0 Å². The summed E-state index contributed by atoms with van der Waals surface area (Å²) in [6.07, 6.45) is 7.88. The SMILES string of the molecule is Cc1nc(C)c(CC(=O)NC[C@@H](c2cccnc2)N2CCCCC2)s1. The van der Waals surface area contributed by atoms with Crippen molar-refractivity contribution in [1.82, 2.24) is 20.2 Å². The number of aryl methyl sites for hydroxylation is 2. The summed E-state index contributed by atoms with van der Waals surface area (Å²) in [6, 6.07) is 4.27. The van der Waals surface area contributed by atoms with Crippen molar-refractivity contribution in [2.24, 2.45) is 0 Å². The van der Waals surface area contributed by atoms with Crippen molar-refractivity contribution in [2.45, 2.75) is 45.6 Å². The average Bonchev–Trinajstić information content (AvgIpc) is 2.94. The van der Waals surface area contributed by atoms with Gasteiger partial charge in [-0.25, -0.2) is 4.98 Å². The standard InChI is InChI=1S/C19H26N4OS/c1-14-18(25-15(2)22-14)11-19(24)21-13-17(16-7-6-8-20-12-16)23-9-4-3-5-10-23/h6-8,12,17H,3-5,9-11,13H2,1-2H3,(H,21,24)/t17-/m0/s1. The summed E-state index contributed by atoms with van der Waals surface area (Å²) >= 11 is 1.61. The molecule has 1 amide bonds. The lowest BCUT2D eigenvalue weighted by molar-refractivity contribution is -0.120. The first kappa shape index (κ1) is 18.0. The van der Waals surface area contributed by atoms with Crippen molar-refractivity contribution >= 4 is 17.2 Å². The zero-order chi connectivity index (χ0) is 17.6. The van der Waals surface area contributed by atoms with Gasteiger partial charge in [-0.15, -0.1) is 11.3 Å². The molecule has 3 rings (SSSR count). The fourth-order valence-electron chi connectivity index (χ4n) is 3.42. The van der Waals surface area contributed by atoms with Crippen LogP contribution in [0.2, 0.25) is 0 Å². The first-order valence-corrected chi connectivity index (χ1v) is 9.78. The van der Waals surface area contributed by atoms with E-state index in [9.17, 15) is 4.79 Å². The van der Waals surface area contributed by atoms with Crippen LogP contribution in [0.3, 0.4) is 0 Å². The van der Waals surface area contributed by atoms with Crippen molar-refractivity contribution < 1.29 is 4.79 Å². The lowest BCUT2D eigenvalue weighted by Crippen LogP contribution is -2.41. The number of piperidine rings is 1. The molecule has 1 aliphatic rings. The Morgan fingerprint density at radius 1 is 1.32 bits per heavy atom. The van der Waals surface area contributed by atoms with Gasteiger partial charge in [-0.1, -0.05) is 12.5 Å². The number of likely N-dealkylation sites (tertiary alicyclic amines) is 1. The van der Waals surface area contributed by atoms with Gasteiger partial charge in [0, 0.05) is 23.8 Å². The molecule has 1 fully saturated rings. The highest BCUT2D eigenvalue weighted by molar-refractivity contribution is 7.11. The van der Waals surface area contributed by atoms with Crippen molar-refractivity contribution in [3.63, 3.8) is 0 Å². The Kier molecular flexibility index (Phi) is 6.15. The second-order valence-electron chi connectivity index (χ2n) is 6.62. The fourth-order valence-corrected chi connectivity index (χ4v) is 4.35. The van der Waals surface area contributed by atoms with E-state index in [1.807, 2.05) is 26.1 Å². The number of hydrogen-bond donors (Lipinski definition) is 1. The van der Waals surface area contributed by atoms with Gasteiger partial charge in [0.15, 0.2) is 0 Å². The summed E-state index contributed by atoms with van der Waals surface area (Å²) in [7, 11) is 0. The number of pyridine rings is 1. The monoisotopic (exact) mass is 358 g/mol. The first-order valence-electron chi connectivity index (χ1n) is 8.97. The molecule has 25 heavy (non-hydrogen) atoms. The highest BCUT2D eigenvalue weighted by Gasteiger charge is 2.23. The van der Waals surface area contributed by atoms with Gasteiger partial charge in [-0.3, -0.25) is 14.7 Å². The van der Waals surface area contributed by atoms with Crippen molar-refractivity contribution in [1.29, 1.82) is 0 Å². The summed E-state index contributed by atoms with van der Waals surface area (Å²) in [5.74, 6) is 0.0673. The molecule has 1 aliphatic heterocycles. The molecule has 2 aromatic heterocycles. The Hall–Kier alpha value is -1.79. The van der Waals surface area contributed by atoms with Gasteiger partial charge in [0.1, 0.15) is 0 Å². The second-order valence-corrected chi connectivity index (χ2v) is 7.91. The molecule has 0 aromatic carbocycles. The number of carbonyl (C=O) groups excluding carboxylic acids is 1. The number of rotatable bonds is 6. The largest absolute Gasteiger partial charge is 0.354 e. The Morgan fingerprint density at radius 3 is 2.76 bits per heavy atom. The zero-order valence-electron chi connectivity index (χ0n) is 15.0. The molecule has 134 valence electrons. The van der Waals surface area contributed by atoms with Crippen molar-refractivity contribution in [2.75, 3.05) is 19.6 Å². The third-order valence-corrected chi connectivity index (χ3v) is 5.79. The van der Waals surface area contributed by atoms with E-state index in [1.165, 1.54) is 24.8 Å². The summed E-state index contributed by atoms with van der Waals surface area (Å²) in [6.45, 7) is 6.75. The van der Waals surface area contributed by atoms with Gasteiger partial charge in [0.25, 0.3) is 0 Å². The molecule has 1 saturated heterocycles. The van der Waals surface area contributed by atoms with Crippen molar-refractivity contribution in [3.05, 3.63) is 45.7 Å². The van der Waals surface area contributed by atoms with Crippen LogP contribution in [0, 0.1) is 13.8 Å². The third kappa shape index (κ3) is 4.86. The van der Waals surface area contributed by atoms with Crippen LogP contribution in [-0.4, -0.2) is 40.4 Å². The maximum Gasteiger partial charge on any atom is 0.225 e. The zero-order valence-corrected chi connectivity index (χ0v) is 15.8. The Balaban J connectivity index is 1.63. The van der Waals surface area contributed by atoms with E-state index >= 15 is 0 Å². The normalized spacial score (nSPS) is 16.6. The molecule has 2 aromatic rings. The van der Waals surface area contributed by atoms with Crippen LogP contribution >= 0.6 is 11.3 Å². The number of thiazole rings is 1. The molecule has 0 spiro atoms. The van der Waals surface area contributed by atoms with Gasteiger partial charge < -0.3 is 5.32 Å². The number of nitrogens with zero attached hydrogens (tertiary/aromatic N) is 3. The number of carbonyl (C=O) groups is 1. The predicted octanol–water partition coefficient (Wildman–Crippen LogP) is 3.04. The van der Waals surface area contributed by atoms with E-state index in [-0.39, 0.29) is 11.9 Å². The maximum absolute atomic E-state index is 12.4. The van der Waals surface area contributed by atoms with E-state index in [1.54, 1.807) is 17.5 Å². The Morgan fingerprint density at radius 2 is 2.12 bits per heavy atom. The molecular formula is C19H26N4OS. The van der Waals surface area contributed by atoms with E-state index < -0.39 is 0 Å². The summed E-state index contributed by atoms with van der Waals surface area (Å²) in [5, 5.41) is 4.15. The molecule has 0 radical (unpaired) electrons. The molecule has 1 atom stereocenters. The van der Waals surface area contributed by atoms with Gasteiger partial charge in [-0.05, 0) is 51.4 Å². The van der Waals surface area contributed by atoms with E-state index in [4.69, 9.17) is 0 Å². The topological polar surface area (TPSA) is 58.1 Å². The lowest BCUT2D eigenvalue weighted by Gasteiger charge is -2.34. The van der Waals surface area contributed by atoms with E-state index in [2.05, 4.69) is 26.3 Å². The van der Waals surface area contributed by atoms with Crippen LogP contribution in [0.25, 0.3) is 0 Å². The van der Waals surface area contributed by atoms with Crippen LogP contribution in [-0.2, 0) is 11.2 Å². The van der Waals surface area contributed by atoms with Crippen LogP contribution < -0.4 is 5.32 Å². The summed E-state index contributed by atoms with van der Waals surface area (Å²) in [4.78, 5) is 24.6. The predicted molar refractivity (Wildman–Crippen MR) is 101 cm³/mol. The van der Waals surface area contributed by atoms with Crippen LogP contribution in [0.4, 0.5) is 0 Å². The minimum Gasteiger partial charge on any atom is -0.354 e. The second kappa shape index (κ2) is 8.54.